The molecule has 1 saturated heterocycles. The average Bonchev–Trinajstić information content (AvgIpc) is 2.74. The number of rotatable bonds is 3. The molecule has 1 amide bonds. The molecule has 1 saturated carbocycles. The molecule has 2 heterocycles. The van der Waals surface area contributed by atoms with Crippen LogP contribution in [0.5, 0.6) is 5.75 Å². The Kier molecular flexibility index (Phi) is 7.00. The minimum Gasteiger partial charge on any atom is -0.489 e. The van der Waals surface area contributed by atoms with E-state index in [2.05, 4.69) is 4.98 Å². The van der Waals surface area contributed by atoms with Gasteiger partial charge in [-0.3, -0.25) is 9.78 Å². The standard InChI is InChI=1S/C20H21FN2O2.C2HF3O2/c21-16-5-3-15(4-6-16)19(24)23-10-7-20(8-11-23)12-18(13-20)25-17-2-1-9-22-14-17;3-2(4,5)1(6)7/h1-6,9,14,18H,7-8,10-13H2;(H,6,7). The Labute approximate surface area is 181 Å². The minimum atomic E-state index is -5.08. The number of carboxylic acid groups (broad SMARTS) is 1. The lowest BCUT2D eigenvalue weighted by Crippen LogP contribution is -2.52. The molecule has 0 atom stereocenters. The first-order chi connectivity index (χ1) is 15.1. The first kappa shape index (κ1) is 23.5. The predicted octanol–water partition coefficient (Wildman–Crippen LogP) is 4.32. The molecule has 1 aliphatic heterocycles. The molecule has 1 aromatic carbocycles. The molecule has 0 bridgehead atoms. The number of ether oxygens (including phenoxy) is 1. The molecule has 2 aromatic rings. The molecule has 1 aromatic heterocycles. The molecular formula is C22H22F4N2O4. The third-order valence-corrected chi connectivity index (χ3v) is 5.70. The summed E-state index contributed by atoms with van der Waals surface area (Å²) in [6.45, 7) is 1.52. The Morgan fingerprint density at radius 2 is 1.69 bits per heavy atom. The van der Waals surface area contributed by atoms with Crippen LogP contribution in [0.3, 0.4) is 0 Å². The van der Waals surface area contributed by atoms with Gasteiger partial charge in [0.1, 0.15) is 11.6 Å². The molecule has 2 aliphatic rings. The van der Waals surface area contributed by atoms with E-state index < -0.39 is 12.1 Å². The lowest BCUT2D eigenvalue weighted by atomic mass is 9.61. The van der Waals surface area contributed by atoms with Crippen molar-refractivity contribution in [3.8, 4) is 5.75 Å². The SMILES string of the molecule is O=C(O)C(F)(F)F.O=C(c1ccc(F)cc1)N1CCC2(CC1)CC(Oc1cccnc1)C2. The highest BCUT2D eigenvalue weighted by Gasteiger charge is 2.47. The van der Waals surface area contributed by atoms with Gasteiger partial charge in [-0.25, -0.2) is 9.18 Å². The van der Waals surface area contributed by atoms with Crippen LogP contribution in [0.25, 0.3) is 0 Å². The third kappa shape index (κ3) is 5.95. The first-order valence-corrected chi connectivity index (χ1v) is 10.00. The van der Waals surface area contributed by atoms with Crippen molar-refractivity contribution in [1.82, 2.24) is 9.88 Å². The highest BCUT2D eigenvalue weighted by Crippen LogP contribution is 2.50. The number of alkyl halides is 3. The quantitative estimate of drug-likeness (QED) is 0.699. The molecule has 172 valence electrons. The molecule has 32 heavy (non-hydrogen) atoms. The number of benzene rings is 1. The van der Waals surface area contributed by atoms with Crippen LogP contribution in [0.2, 0.25) is 0 Å². The van der Waals surface area contributed by atoms with Gasteiger partial charge in [0.2, 0.25) is 0 Å². The van der Waals surface area contributed by atoms with E-state index in [0.29, 0.717) is 11.0 Å². The van der Waals surface area contributed by atoms with Crippen molar-refractivity contribution in [3.63, 3.8) is 0 Å². The van der Waals surface area contributed by atoms with Gasteiger partial charge >= 0.3 is 12.1 Å². The number of carbonyl (C=O) groups is 2. The first-order valence-electron chi connectivity index (χ1n) is 10.00. The van der Waals surface area contributed by atoms with E-state index >= 15 is 0 Å². The summed E-state index contributed by atoms with van der Waals surface area (Å²) < 4.78 is 50.7. The second-order valence-electron chi connectivity index (χ2n) is 7.94. The normalized spacial score (nSPS) is 17.7. The van der Waals surface area contributed by atoms with Gasteiger partial charge in [-0.15, -0.1) is 0 Å². The van der Waals surface area contributed by atoms with Crippen molar-refractivity contribution in [2.24, 2.45) is 5.41 Å². The van der Waals surface area contributed by atoms with Crippen molar-refractivity contribution in [1.29, 1.82) is 0 Å². The van der Waals surface area contributed by atoms with Gasteiger partial charge in [0.25, 0.3) is 5.91 Å². The summed E-state index contributed by atoms with van der Waals surface area (Å²) in [7, 11) is 0. The Bertz CT molecular complexity index is 919. The number of pyridine rings is 1. The van der Waals surface area contributed by atoms with Crippen LogP contribution in [-0.2, 0) is 4.79 Å². The summed E-state index contributed by atoms with van der Waals surface area (Å²) in [4.78, 5) is 27.4. The van der Waals surface area contributed by atoms with Crippen LogP contribution >= 0.6 is 0 Å². The van der Waals surface area contributed by atoms with E-state index in [4.69, 9.17) is 14.6 Å². The zero-order valence-corrected chi connectivity index (χ0v) is 17.0. The van der Waals surface area contributed by atoms with Gasteiger partial charge < -0.3 is 14.7 Å². The van der Waals surface area contributed by atoms with Crippen molar-refractivity contribution in [3.05, 3.63) is 60.2 Å². The van der Waals surface area contributed by atoms with Gasteiger partial charge in [0.15, 0.2) is 0 Å². The number of carbonyl (C=O) groups excluding carboxylic acids is 1. The van der Waals surface area contributed by atoms with E-state index in [9.17, 15) is 22.4 Å². The lowest BCUT2D eigenvalue weighted by Gasteiger charge is -2.51. The maximum atomic E-state index is 13.0. The molecule has 6 nitrogen and oxygen atoms in total. The Morgan fingerprint density at radius 1 is 1.09 bits per heavy atom. The number of carboxylic acids is 1. The molecule has 1 N–H and O–H groups in total. The van der Waals surface area contributed by atoms with E-state index in [1.807, 2.05) is 17.0 Å². The number of nitrogens with zero attached hydrogens (tertiary/aromatic N) is 2. The molecule has 0 radical (unpaired) electrons. The van der Waals surface area contributed by atoms with Crippen molar-refractivity contribution < 1.29 is 37.0 Å². The summed E-state index contributed by atoms with van der Waals surface area (Å²) in [5.41, 5.74) is 0.871. The van der Waals surface area contributed by atoms with Crippen LogP contribution in [0.15, 0.2) is 48.8 Å². The number of hydrogen-bond donors (Lipinski definition) is 1. The Morgan fingerprint density at radius 3 is 2.19 bits per heavy atom. The summed E-state index contributed by atoms with van der Waals surface area (Å²) in [6.07, 6.45) is 2.75. The molecular weight excluding hydrogens is 432 g/mol. The van der Waals surface area contributed by atoms with Gasteiger partial charge in [0.05, 0.1) is 12.3 Å². The van der Waals surface area contributed by atoms with Crippen LogP contribution in [-0.4, -0.2) is 52.2 Å². The van der Waals surface area contributed by atoms with Crippen molar-refractivity contribution >= 4 is 11.9 Å². The number of hydrogen-bond acceptors (Lipinski definition) is 4. The van der Waals surface area contributed by atoms with E-state index in [1.165, 1.54) is 12.1 Å². The smallest absolute Gasteiger partial charge is 0.489 e. The van der Waals surface area contributed by atoms with E-state index in [1.54, 1.807) is 24.5 Å². The average molecular weight is 454 g/mol. The molecule has 1 spiro atoms. The van der Waals surface area contributed by atoms with Crippen molar-refractivity contribution in [2.75, 3.05) is 13.1 Å². The largest absolute Gasteiger partial charge is 0.490 e. The molecule has 2 fully saturated rings. The fourth-order valence-electron chi connectivity index (χ4n) is 3.97. The van der Waals surface area contributed by atoms with Gasteiger partial charge in [0, 0.05) is 24.8 Å². The highest BCUT2D eigenvalue weighted by atomic mass is 19.4. The maximum absolute atomic E-state index is 13.0. The van der Waals surface area contributed by atoms with Crippen LogP contribution in [0, 0.1) is 11.2 Å². The summed E-state index contributed by atoms with van der Waals surface area (Å²) in [5, 5.41) is 7.12. The number of likely N-dealkylation sites (tertiary alicyclic amines) is 1. The number of aromatic nitrogens is 1. The minimum absolute atomic E-state index is 0.00247. The molecule has 10 heteroatoms. The summed E-state index contributed by atoms with van der Waals surface area (Å²) >= 11 is 0. The van der Waals surface area contributed by atoms with E-state index in [-0.39, 0.29) is 17.8 Å². The third-order valence-electron chi connectivity index (χ3n) is 5.70. The van der Waals surface area contributed by atoms with Crippen LogP contribution in [0.4, 0.5) is 17.6 Å². The molecule has 1 aliphatic carbocycles. The van der Waals surface area contributed by atoms with Crippen LogP contribution in [0.1, 0.15) is 36.0 Å². The van der Waals surface area contributed by atoms with Gasteiger partial charge in [-0.2, -0.15) is 13.2 Å². The fourth-order valence-corrected chi connectivity index (χ4v) is 3.97. The fraction of sp³-hybridized carbons (Fsp3) is 0.409. The zero-order chi connectivity index (χ0) is 23.4. The number of amides is 1. The predicted molar refractivity (Wildman–Crippen MR) is 106 cm³/mol. The molecule has 0 unspecified atom stereocenters. The summed E-state index contributed by atoms with van der Waals surface area (Å²) in [6, 6.07) is 9.60. The highest BCUT2D eigenvalue weighted by molar-refractivity contribution is 5.94. The van der Waals surface area contributed by atoms with Gasteiger partial charge in [-0.1, -0.05) is 0 Å². The van der Waals surface area contributed by atoms with Crippen LogP contribution < -0.4 is 4.74 Å². The number of aliphatic carboxylic acids is 1. The van der Waals surface area contributed by atoms with Crippen molar-refractivity contribution in [2.45, 2.75) is 38.0 Å². The zero-order valence-electron chi connectivity index (χ0n) is 17.0. The topological polar surface area (TPSA) is 79.7 Å². The van der Waals surface area contributed by atoms with Gasteiger partial charge in [-0.05, 0) is 67.5 Å². The second kappa shape index (κ2) is 9.54. The van der Waals surface area contributed by atoms with E-state index in [0.717, 1.165) is 44.5 Å². The second-order valence-corrected chi connectivity index (χ2v) is 7.94. The molecule has 4 rings (SSSR count). The number of halogens is 4. The Hall–Kier alpha value is -3.17. The maximum Gasteiger partial charge on any atom is 0.490 e. The summed E-state index contributed by atoms with van der Waals surface area (Å²) in [5.74, 6) is -2.25. The number of piperidine rings is 1. The lowest BCUT2D eigenvalue weighted by molar-refractivity contribution is -0.192. The monoisotopic (exact) mass is 454 g/mol. The Balaban J connectivity index is 0.000000360.